The van der Waals surface area contributed by atoms with E-state index in [1.807, 2.05) is 0 Å². The molecule has 0 aliphatic carbocycles. The molecule has 0 aromatic heterocycles. The van der Waals surface area contributed by atoms with Gasteiger partial charge in [0.15, 0.2) is 0 Å². The summed E-state index contributed by atoms with van der Waals surface area (Å²) < 4.78 is 0. The number of nitrogens with zero attached hydrogens (tertiary/aromatic N) is 1. The Bertz CT molecular complexity index is 532. The second-order valence-corrected chi connectivity index (χ2v) is 4.33. The lowest BCUT2D eigenvalue weighted by Gasteiger charge is -2.11. The number of carbonyl (C=O) groups excluding carboxylic acids is 1. The Hall–Kier alpha value is -2.15. The second kappa shape index (κ2) is 6.14. The normalized spacial score (nSPS) is 11.7. The predicted octanol–water partition coefficient (Wildman–Crippen LogP) is 1.84. The topological polar surface area (TPSA) is 110 Å². The average Bonchev–Trinajstić information content (AvgIpc) is 2.27. The van der Waals surface area contributed by atoms with Crippen LogP contribution < -0.4 is 5.32 Å². The highest BCUT2D eigenvalue weighted by Gasteiger charge is 2.22. The van der Waals surface area contributed by atoms with Crippen LogP contribution in [0.5, 0.6) is 0 Å². The number of aliphatic carboxylic acids is 1. The van der Waals surface area contributed by atoms with Gasteiger partial charge in [0.2, 0.25) is 0 Å². The number of hydrogen-bond acceptors (Lipinski definition) is 4. The number of nitro benzene ring substituents is 1. The molecule has 0 fully saturated rings. The average molecular weight is 287 g/mol. The minimum atomic E-state index is -1.07. The Morgan fingerprint density at radius 3 is 2.68 bits per heavy atom. The molecule has 0 bridgehead atoms. The molecule has 1 aromatic rings. The zero-order valence-corrected chi connectivity index (χ0v) is 10.7. The number of carboxylic acids is 1. The van der Waals surface area contributed by atoms with E-state index in [-0.39, 0.29) is 17.0 Å². The summed E-state index contributed by atoms with van der Waals surface area (Å²) in [4.78, 5) is 32.4. The summed E-state index contributed by atoms with van der Waals surface area (Å²) >= 11 is 5.63. The minimum absolute atomic E-state index is 0.141. The molecular weight excluding hydrogens is 276 g/mol. The van der Waals surface area contributed by atoms with Crippen molar-refractivity contribution < 1.29 is 19.6 Å². The highest BCUT2D eigenvalue weighted by Crippen LogP contribution is 2.23. The van der Waals surface area contributed by atoms with Gasteiger partial charge in [0, 0.05) is 17.1 Å². The number of carboxylic acid groups (broad SMARTS) is 1. The van der Waals surface area contributed by atoms with Crippen molar-refractivity contribution in [1.29, 1.82) is 0 Å². The second-order valence-electron chi connectivity index (χ2n) is 3.89. The molecule has 0 saturated carbocycles. The molecule has 1 aromatic carbocycles. The van der Waals surface area contributed by atoms with Crippen molar-refractivity contribution in [3.8, 4) is 0 Å². The molecule has 0 radical (unpaired) electrons. The van der Waals surface area contributed by atoms with Gasteiger partial charge in [-0.2, -0.15) is 0 Å². The van der Waals surface area contributed by atoms with E-state index in [0.29, 0.717) is 0 Å². The lowest BCUT2D eigenvalue weighted by molar-refractivity contribution is -0.385. The molecule has 0 aliphatic rings. The lowest BCUT2D eigenvalue weighted by Crippen LogP contribution is -2.34. The molecule has 19 heavy (non-hydrogen) atoms. The SMILES string of the molecule is CC(CC(=O)O)NC(=O)c1ccc(Cl)cc1[N+](=O)[O-]. The Labute approximate surface area is 113 Å². The number of nitrogens with one attached hydrogen (secondary N) is 1. The fraction of sp³-hybridized carbons (Fsp3) is 0.273. The van der Waals surface area contributed by atoms with E-state index in [1.54, 1.807) is 0 Å². The van der Waals surface area contributed by atoms with Crippen molar-refractivity contribution in [2.24, 2.45) is 0 Å². The van der Waals surface area contributed by atoms with Crippen LogP contribution >= 0.6 is 11.6 Å². The van der Waals surface area contributed by atoms with E-state index in [4.69, 9.17) is 16.7 Å². The number of nitro groups is 1. The van der Waals surface area contributed by atoms with Crippen molar-refractivity contribution in [3.63, 3.8) is 0 Å². The molecule has 1 amide bonds. The van der Waals surface area contributed by atoms with Gasteiger partial charge in [-0.3, -0.25) is 19.7 Å². The fourth-order valence-electron chi connectivity index (χ4n) is 1.46. The van der Waals surface area contributed by atoms with E-state index in [9.17, 15) is 19.7 Å². The standard InChI is InChI=1S/C11H11ClN2O5/c1-6(4-10(15)16)13-11(17)8-3-2-7(12)5-9(8)14(18)19/h2-3,5-6H,4H2,1H3,(H,13,17)(H,15,16). The molecule has 0 saturated heterocycles. The van der Waals surface area contributed by atoms with E-state index in [2.05, 4.69) is 5.32 Å². The van der Waals surface area contributed by atoms with Gasteiger partial charge >= 0.3 is 5.97 Å². The first-order chi connectivity index (χ1) is 8.81. The molecule has 102 valence electrons. The summed E-state index contributed by atoms with van der Waals surface area (Å²) in [6.45, 7) is 1.49. The highest BCUT2D eigenvalue weighted by molar-refractivity contribution is 6.31. The van der Waals surface area contributed by atoms with Crippen LogP contribution in [0.2, 0.25) is 5.02 Å². The van der Waals surface area contributed by atoms with Crippen molar-refractivity contribution >= 4 is 29.2 Å². The zero-order chi connectivity index (χ0) is 14.6. The number of rotatable bonds is 5. The summed E-state index contributed by atoms with van der Waals surface area (Å²) in [5.74, 6) is -1.78. The third-order valence-electron chi connectivity index (χ3n) is 2.26. The molecule has 0 heterocycles. The Kier molecular flexibility index (Phi) is 4.82. The van der Waals surface area contributed by atoms with Gasteiger partial charge in [0.05, 0.1) is 11.3 Å². The summed E-state index contributed by atoms with van der Waals surface area (Å²) in [5, 5.41) is 21.9. The molecule has 1 rings (SSSR count). The number of halogens is 1. The first-order valence-corrected chi connectivity index (χ1v) is 5.65. The Morgan fingerprint density at radius 1 is 1.53 bits per heavy atom. The predicted molar refractivity (Wildman–Crippen MR) is 67.3 cm³/mol. The monoisotopic (exact) mass is 286 g/mol. The quantitative estimate of drug-likeness (QED) is 0.634. The molecule has 0 aliphatic heterocycles. The molecule has 8 heteroatoms. The molecule has 0 spiro atoms. The van der Waals surface area contributed by atoms with E-state index in [1.165, 1.54) is 19.1 Å². The van der Waals surface area contributed by atoms with E-state index >= 15 is 0 Å². The zero-order valence-electron chi connectivity index (χ0n) is 9.92. The molecule has 2 N–H and O–H groups in total. The number of carbonyl (C=O) groups is 2. The van der Waals surface area contributed by atoms with Crippen LogP contribution in [0, 0.1) is 10.1 Å². The largest absolute Gasteiger partial charge is 0.481 e. The molecule has 7 nitrogen and oxygen atoms in total. The maximum absolute atomic E-state index is 11.8. The first-order valence-electron chi connectivity index (χ1n) is 5.28. The van der Waals surface area contributed by atoms with Crippen LogP contribution in [0.15, 0.2) is 18.2 Å². The van der Waals surface area contributed by atoms with Crippen molar-refractivity contribution in [2.45, 2.75) is 19.4 Å². The van der Waals surface area contributed by atoms with Crippen LogP contribution in [-0.4, -0.2) is 27.9 Å². The maximum atomic E-state index is 11.8. The fourth-order valence-corrected chi connectivity index (χ4v) is 1.63. The van der Waals surface area contributed by atoms with Crippen LogP contribution in [0.1, 0.15) is 23.7 Å². The van der Waals surface area contributed by atoms with Crippen LogP contribution in [0.4, 0.5) is 5.69 Å². The summed E-state index contributed by atoms with van der Waals surface area (Å²) in [5.41, 5.74) is -0.584. The Morgan fingerprint density at radius 2 is 2.16 bits per heavy atom. The van der Waals surface area contributed by atoms with E-state index < -0.39 is 28.5 Å². The smallest absolute Gasteiger partial charge is 0.305 e. The third kappa shape index (κ3) is 4.22. The van der Waals surface area contributed by atoms with Crippen molar-refractivity contribution in [3.05, 3.63) is 38.9 Å². The lowest BCUT2D eigenvalue weighted by atomic mass is 10.1. The van der Waals surface area contributed by atoms with Gasteiger partial charge in [-0.25, -0.2) is 0 Å². The number of hydrogen-bond donors (Lipinski definition) is 2. The number of amides is 1. The van der Waals surface area contributed by atoms with Crippen LogP contribution in [0.25, 0.3) is 0 Å². The van der Waals surface area contributed by atoms with Gasteiger partial charge in [0.25, 0.3) is 11.6 Å². The Balaban J connectivity index is 2.93. The van der Waals surface area contributed by atoms with Gasteiger partial charge in [-0.05, 0) is 19.1 Å². The minimum Gasteiger partial charge on any atom is -0.481 e. The summed E-state index contributed by atoms with van der Waals surface area (Å²) in [6.07, 6.45) is -0.271. The van der Waals surface area contributed by atoms with Gasteiger partial charge < -0.3 is 10.4 Å². The maximum Gasteiger partial charge on any atom is 0.305 e. The highest BCUT2D eigenvalue weighted by atomic mass is 35.5. The van der Waals surface area contributed by atoms with Crippen molar-refractivity contribution in [2.75, 3.05) is 0 Å². The van der Waals surface area contributed by atoms with Gasteiger partial charge in [0.1, 0.15) is 5.56 Å². The van der Waals surface area contributed by atoms with Crippen molar-refractivity contribution in [1.82, 2.24) is 5.32 Å². The third-order valence-corrected chi connectivity index (χ3v) is 2.49. The summed E-state index contributed by atoms with van der Waals surface area (Å²) in [7, 11) is 0. The van der Waals surface area contributed by atoms with Gasteiger partial charge in [-0.15, -0.1) is 0 Å². The van der Waals surface area contributed by atoms with Gasteiger partial charge in [-0.1, -0.05) is 11.6 Å². The first kappa shape index (κ1) is 14.9. The molecule has 1 unspecified atom stereocenters. The molecule has 1 atom stereocenters. The summed E-state index contributed by atoms with van der Waals surface area (Å²) in [6, 6.07) is 3.01. The van der Waals surface area contributed by atoms with E-state index in [0.717, 1.165) is 6.07 Å². The van der Waals surface area contributed by atoms with Crippen LogP contribution in [-0.2, 0) is 4.79 Å². The van der Waals surface area contributed by atoms with Crippen LogP contribution in [0.3, 0.4) is 0 Å². The number of benzene rings is 1. The molecular formula is C11H11ClN2O5.